The van der Waals surface area contributed by atoms with Crippen LogP contribution in [0.1, 0.15) is 35.2 Å². The molecule has 2 aromatic carbocycles. The predicted octanol–water partition coefficient (Wildman–Crippen LogP) is 6.33. The number of fused-ring (bicyclic) bond motifs is 1. The van der Waals surface area contributed by atoms with Gasteiger partial charge in [-0.05, 0) is 70.3 Å². The topological polar surface area (TPSA) is 41.1 Å². The fourth-order valence-corrected chi connectivity index (χ4v) is 5.55. The average molecular weight is 498 g/mol. The third-order valence-electron chi connectivity index (χ3n) is 5.44. The lowest BCUT2D eigenvalue weighted by molar-refractivity contribution is -0.116. The standard InChI is InChI=1S/C23H19IN2OS/c24-16-6-3-5-14(11-16)23-22-19(25-17-7-1-2-8-18(17)26-23)12-15(13-20(22)27)21-9-4-10-28-21/h1-11,15,23,25-26H,12-13H2. The second-order valence-electron chi connectivity index (χ2n) is 7.24. The molecule has 0 saturated carbocycles. The molecule has 0 radical (unpaired) electrons. The number of anilines is 2. The van der Waals surface area contributed by atoms with E-state index in [1.54, 1.807) is 11.3 Å². The maximum Gasteiger partial charge on any atom is 0.163 e. The summed E-state index contributed by atoms with van der Waals surface area (Å²) >= 11 is 4.07. The number of carbonyl (C=O) groups is 1. The van der Waals surface area contributed by atoms with Crippen LogP contribution in [-0.2, 0) is 4.79 Å². The van der Waals surface area contributed by atoms with E-state index in [0.717, 1.165) is 34.6 Å². The Kier molecular flexibility index (Phi) is 4.72. The first-order valence-corrected chi connectivity index (χ1v) is 11.3. The van der Waals surface area contributed by atoms with E-state index in [4.69, 9.17) is 0 Å². The summed E-state index contributed by atoms with van der Waals surface area (Å²) in [6, 6.07) is 20.7. The molecule has 0 bridgehead atoms. The van der Waals surface area contributed by atoms with Crippen molar-refractivity contribution in [2.45, 2.75) is 24.8 Å². The van der Waals surface area contributed by atoms with Crippen LogP contribution in [0.15, 0.2) is 77.3 Å². The van der Waals surface area contributed by atoms with Gasteiger partial charge in [0.25, 0.3) is 0 Å². The smallest absolute Gasteiger partial charge is 0.163 e. The summed E-state index contributed by atoms with van der Waals surface area (Å²) in [5, 5.41) is 9.33. The summed E-state index contributed by atoms with van der Waals surface area (Å²) in [7, 11) is 0. The molecule has 0 saturated heterocycles. The van der Waals surface area contributed by atoms with E-state index < -0.39 is 0 Å². The number of nitrogens with one attached hydrogen (secondary N) is 2. The summed E-state index contributed by atoms with van der Waals surface area (Å²) in [5.74, 6) is 0.483. The molecule has 2 N–H and O–H groups in total. The van der Waals surface area contributed by atoms with E-state index in [2.05, 4.69) is 87.1 Å². The van der Waals surface area contributed by atoms with E-state index in [1.165, 1.54) is 8.45 Å². The van der Waals surface area contributed by atoms with Crippen LogP contribution in [0.4, 0.5) is 11.4 Å². The molecule has 2 aliphatic rings. The lowest BCUT2D eigenvalue weighted by Crippen LogP contribution is -2.26. The largest absolute Gasteiger partial charge is 0.372 e. The number of para-hydroxylation sites is 2. The SMILES string of the molecule is O=C1CC(c2cccs2)CC2=C1C(c1cccc(I)c1)Nc1ccccc1N2. The van der Waals surface area contributed by atoms with Crippen molar-refractivity contribution in [1.29, 1.82) is 0 Å². The minimum absolute atomic E-state index is 0.141. The molecule has 0 fully saturated rings. The zero-order chi connectivity index (χ0) is 19.1. The molecule has 140 valence electrons. The number of carbonyl (C=O) groups excluding carboxylic acids is 1. The monoisotopic (exact) mass is 498 g/mol. The van der Waals surface area contributed by atoms with Crippen molar-refractivity contribution < 1.29 is 4.79 Å². The van der Waals surface area contributed by atoms with Crippen molar-refractivity contribution in [2.75, 3.05) is 10.6 Å². The van der Waals surface area contributed by atoms with Gasteiger partial charge in [0.2, 0.25) is 0 Å². The van der Waals surface area contributed by atoms with Crippen LogP contribution in [0.2, 0.25) is 0 Å². The third-order valence-corrected chi connectivity index (χ3v) is 7.14. The second kappa shape index (κ2) is 7.37. The fraction of sp³-hybridized carbons (Fsp3) is 0.174. The molecule has 1 aromatic heterocycles. The van der Waals surface area contributed by atoms with Crippen molar-refractivity contribution in [2.24, 2.45) is 0 Å². The Bertz CT molecular complexity index is 1070. The van der Waals surface area contributed by atoms with E-state index in [-0.39, 0.29) is 17.7 Å². The number of halogens is 1. The van der Waals surface area contributed by atoms with Crippen LogP contribution in [-0.4, -0.2) is 5.78 Å². The Balaban J connectivity index is 1.64. The van der Waals surface area contributed by atoms with Gasteiger partial charge >= 0.3 is 0 Å². The first-order chi connectivity index (χ1) is 13.7. The number of Topliss-reactive ketones (excluding diaryl/α,β-unsaturated/α-hetero) is 1. The number of hydrogen-bond acceptors (Lipinski definition) is 4. The second-order valence-corrected chi connectivity index (χ2v) is 9.46. The number of hydrogen-bond donors (Lipinski definition) is 2. The van der Waals surface area contributed by atoms with Crippen LogP contribution in [0, 0.1) is 3.57 Å². The zero-order valence-corrected chi connectivity index (χ0v) is 18.1. The highest BCUT2D eigenvalue weighted by Gasteiger charge is 2.36. The molecular weight excluding hydrogens is 479 g/mol. The van der Waals surface area contributed by atoms with Crippen LogP contribution in [0.3, 0.4) is 0 Å². The Morgan fingerprint density at radius 3 is 2.61 bits per heavy atom. The van der Waals surface area contributed by atoms with Gasteiger partial charge in [-0.3, -0.25) is 4.79 Å². The van der Waals surface area contributed by atoms with Crippen molar-refractivity contribution >= 4 is 51.1 Å². The van der Waals surface area contributed by atoms with Gasteiger partial charge in [0.05, 0.1) is 17.4 Å². The minimum Gasteiger partial charge on any atom is -0.372 e. The third kappa shape index (κ3) is 3.26. The average Bonchev–Trinajstić information content (AvgIpc) is 3.17. The van der Waals surface area contributed by atoms with Gasteiger partial charge in [-0.25, -0.2) is 0 Å². The fourth-order valence-electron chi connectivity index (χ4n) is 4.15. The number of thiophene rings is 1. The van der Waals surface area contributed by atoms with Crippen LogP contribution in [0.25, 0.3) is 0 Å². The highest BCUT2D eigenvalue weighted by molar-refractivity contribution is 14.1. The molecule has 1 aliphatic heterocycles. The van der Waals surface area contributed by atoms with E-state index in [0.29, 0.717) is 6.42 Å². The summed E-state index contributed by atoms with van der Waals surface area (Å²) in [4.78, 5) is 14.7. The number of rotatable bonds is 2. The van der Waals surface area contributed by atoms with Gasteiger partial charge in [0.1, 0.15) is 0 Å². The molecule has 1 aliphatic carbocycles. The Morgan fingerprint density at radius 2 is 1.82 bits per heavy atom. The number of ketones is 1. The molecule has 2 heterocycles. The predicted molar refractivity (Wildman–Crippen MR) is 124 cm³/mol. The normalized spacial score (nSPS) is 21.2. The van der Waals surface area contributed by atoms with Crippen LogP contribution >= 0.6 is 33.9 Å². The van der Waals surface area contributed by atoms with Gasteiger partial charge in [-0.2, -0.15) is 0 Å². The first kappa shape index (κ1) is 17.9. The summed E-state index contributed by atoms with van der Waals surface area (Å²) in [6.07, 6.45) is 1.43. The molecule has 28 heavy (non-hydrogen) atoms. The summed E-state index contributed by atoms with van der Waals surface area (Å²) in [6.45, 7) is 0. The Labute approximate surface area is 182 Å². The quantitative estimate of drug-likeness (QED) is 0.406. The van der Waals surface area contributed by atoms with Crippen LogP contribution in [0.5, 0.6) is 0 Å². The first-order valence-electron chi connectivity index (χ1n) is 9.37. The molecule has 3 nitrogen and oxygen atoms in total. The van der Waals surface area contributed by atoms with Gasteiger partial charge < -0.3 is 10.6 Å². The molecule has 3 aromatic rings. The number of benzene rings is 2. The lowest BCUT2D eigenvalue weighted by Gasteiger charge is -2.29. The van der Waals surface area contributed by atoms with E-state index in [9.17, 15) is 4.79 Å². The molecular formula is C23H19IN2OS. The molecule has 2 atom stereocenters. The van der Waals surface area contributed by atoms with E-state index in [1.807, 2.05) is 12.1 Å². The van der Waals surface area contributed by atoms with Crippen LogP contribution < -0.4 is 10.6 Å². The molecule has 0 amide bonds. The van der Waals surface area contributed by atoms with Crippen molar-refractivity contribution in [3.63, 3.8) is 0 Å². The molecule has 5 heteroatoms. The number of allylic oxidation sites excluding steroid dienone is 1. The highest BCUT2D eigenvalue weighted by Crippen LogP contribution is 2.44. The minimum atomic E-state index is -0.141. The lowest BCUT2D eigenvalue weighted by atomic mass is 9.81. The zero-order valence-electron chi connectivity index (χ0n) is 15.1. The summed E-state index contributed by atoms with van der Waals surface area (Å²) < 4.78 is 1.17. The van der Waals surface area contributed by atoms with Gasteiger partial charge in [0.15, 0.2) is 5.78 Å². The molecule has 5 rings (SSSR count). The highest BCUT2D eigenvalue weighted by atomic mass is 127. The van der Waals surface area contributed by atoms with Crippen molar-refractivity contribution in [3.8, 4) is 0 Å². The van der Waals surface area contributed by atoms with Crippen molar-refractivity contribution in [3.05, 3.63) is 91.3 Å². The van der Waals surface area contributed by atoms with Gasteiger partial charge in [0, 0.05) is 32.1 Å². The van der Waals surface area contributed by atoms with Crippen molar-refractivity contribution in [1.82, 2.24) is 0 Å². The Morgan fingerprint density at radius 1 is 0.964 bits per heavy atom. The van der Waals surface area contributed by atoms with Gasteiger partial charge in [-0.15, -0.1) is 11.3 Å². The maximum atomic E-state index is 13.4. The molecule has 2 unspecified atom stereocenters. The maximum absolute atomic E-state index is 13.4. The Hall–Kier alpha value is -2.12. The molecule has 0 spiro atoms. The summed E-state index contributed by atoms with van der Waals surface area (Å²) in [5.41, 5.74) is 5.12. The van der Waals surface area contributed by atoms with E-state index >= 15 is 0 Å². The van der Waals surface area contributed by atoms with Gasteiger partial charge in [-0.1, -0.05) is 30.3 Å².